The molecule has 1 atom stereocenters. The number of rotatable bonds is 4. The summed E-state index contributed by atoms with van der Waals surface area (Å²) in [7, 11) is 0. The van der Waals surface area contributed by atoms with E-state index in [2.05, 4.69) is 0 Å². The van der Waals surface area contributed by atoms with Gasteiger partial charge in [0, 0.05) is 0 Å². The van der Waals surface area contributed by atoms with E-state index in [-0.39, 0.29) is 11.7 Å². The predicted octanol–water partition coefficient (Wildman–Crippen LogP) is 3.13. The minimum absolute atomic E-state index is 0.131. The fourth-order valence-corrected chi connectivity index (χ4v) is 2.22. The average Bonchev–Trinajstić information content (AvgIpc) is 2.15. The van der Waals surface area contributed by atoms with Crippen LogP contribution in [0.4, 0.5) is 0 Å². The number of ether oxygens (including phenoxy) is 1. The molecular weight excluding hydrogens is 188 g/mol. The van der Waals surface area contributed by atoms with E-state index in [1.807, 2.05) is 20.8 Å². The molecule has 1 N–H and O–H groups in total. The molecule has 0 saturated heterocycles. The molecule has 1 aliphatic carbocycles. The van der Waals surface area contributed by atoms with E-state index < -0.39 is 0 Å². The van der Waals surface area contributed by atoms with Crippen LogP contribution in [0.25, 0.3) is 0 Å². The topological polar surface area (TPSA) is 29.5 Å². The summed E-state index contributed by atoms with van der Waals surface area (Å²) in [6, 6.07) is 0. The van der Waals surface area contributed by atoms with Crippen LogP contribution < -0.4 is 0 Å². The van der Waals surface area contributed by atoms with E-state index in [0.717, 1.165) is 12.3 Å². The molecule has 0 spiro atoms. The molecule has 0 heterocycles. The second-order valence-corrected chi connectivity index (χ2v) is 5.82. The molecule has 2 nitrogen and oxygen atoms in total. The van der Waals surface area contributed by atoms with Crippen molar-refractivity contribution in [2.75, 3.05) is 6.61 Å². The molecular formula is C13H26O2. The number of aliphatic hydroxyl groups excluding tert-OH is 1. The Morgan fingerprint density at radius 2 is 1.80 bits per heavy atom. The van der Waals surface area contributed by atoms with E-state index >= 15 is 0 Å². The lowest BCUT2D eigenvalue weighted by Gasteiger charge is -2.26. The molecule has 0 bridgehead atoms. The first-order valence-electron chi connectivity index (χ1n) is 6.29. The smallest absolute Gasteiger partial charge is 0.0776 e. The molecule has 1 unspecified atom stereocenters. The van der Waals surface area contributed by atoms with Gasteiger partial charge in [-0.1, -0.05) is 32.1 Å². The molecule has 1 rings (SSSR count). The van der Waals surface area contributed by atoms with Gasteiger partial charge in [-0.15, -0.1) is 0 Å². The Hall–Kier alpha value is -0.0800. The Bertz CT molecular complexity index is 166. The van der Waals surface area contributed by atoms with Crippen LogP contribution >= 0.6 is 0 Å². The van der Waals surface area contributed by atoms with Crippen molar-refractivity contribution in [3.05, 3.63) is 0 Å². The molecule has 1 aliphatic rings. The van der Waals surface area contributed by atoms with E-state index in [1.165, 1.54) is 32.1 Å². The molecule has 0 aromatic heterocycles. The third-order valence-electron chi connectivity index (χ3n) is 3.04. The third kappa shape index (κ3) is 6.16. The Morgan fingerprint density at radius 1 is 1.20 bits per heavy atom. The molecule has 0 aliphatic heterocycles. The van der Waals surface area contributed by atoms with Gasteiger partial charge in [-0.2, -0.15) is 0 Å². The van der Waals surface area contributed by atoms with Gasteiger partial charge in [0.1, 0.15) is 0 Å². The monoisotopic (exact) mass is 214 g/mol. The van der Waals surface area contributed by atoms with Crippen LogP contribution in [0, 0.1) is 5.92 Å². The summed E-state index contributed by atoms with van der Waals surface area (Å²) in [6.07, 6.45) is 7.32. The van der Waals surface area contributed by atoms with Crippen LogP contribution in [-0.4, -0.2) is 23.4 Å². The minimum Gasteiger partial charge on any atom is -0.391 e. The molecule has 0 aromatic rings. The molecule has 0 aromatic carbocycles. The minimum atomic E-state index is -0.271. The molecule has 15 heavy (non-hydrogen) atoms. The van der Waals surface area contributed by atoms with Crippen LogP contribution in [0.5, 0.6) is 0 Å². The van der Waals surface area contributed by atoms with Crippen LogP contribution in [0.3, 0.4) is 0 Å². The molecule has 1 fully saturated rings. The maximum absolute atomic E-state index is 9.84. The van der Waals surface area contributed by atoms with Crippen LogP contribution in [0.15, 0.2) is 0 Å². The Morgan fingerprint density at radius 3 is 2.33 bits per heavy atom. The SMILES string of the molecule is CC(C)(C)OCC(O)CC1CCCCC1. The highest BCUT2D eigenvalue weighted by Crippen LogP contribution is 2.27. The Kier molecular flexibility index (Phi) is 5.07. The van der Waals surface area contributed by atoms with Crippen LogP contribution in [0.2, 0.25) is 0 Å². The first-order chi connectivity index (χ1) is 6.97. The van der Waals surface area contributed by atoms with Crippen molar-refractivity contribution in [2.45, 2.75) is 71.0 Å². The van der Waals surface area contributed by atoms with Crippen molar-refractivity contribution in [1.29, 1.82) is 0 Å². The zero-order valence-electron chi connectivity index (χ0n) is 10.5. The van der Waals surface area contributed by atoms with Crippen molar-refractivity contribution in [3.8, 4) is 0 Å². The van der Waals surface area contributed by atoms with Crippen molar-refractivity contribution < 1.29 is 9.84 Å². The van der Waals surface area contributed by atoms with E-state index in [4.69, 9.17) is 4.74 Å². The van der Waals surface area contributed by atoms with Gasteiger partial charge in [0.25, 0.3) is 0 Å². The van der Waals surface area contributed by atoms with E-state index in [0.29, 0.717) is 6.61 Å². The van der Waals surface area contributed by atoms with Gasteiger partial charge in [0.05, 0.1) is 18.3 Å². The summed E-state index contributed by atoms with van der Waals surface area (Å²) in [5.41, 5.74) is -0.131. The lowest BCUT2D eigenvalue weighted by molar-refractivity contribution is -0.0551. The lowest BCUT2D eigenvalue weighted by atomic mass is 9.85. The second kappa shape index (κ2) is 5.86. The summed E-state index contributed by atoms with van der Waals surface area (Å²) in [5.74, 6) is 0.734. The summed E-state index contributed by atoms with van der Waals surface area (Å²) in [5, 5.41) is 9.84. The average molecular weight is 214 g/mol. The number of aliphatic hydroxyl groups is 1. The van der Waals surface area contributed by atoms with Gasteiger partial charge in [-0.05, 0) is 33.1 Å². The van der Waals surface area contributed by atoms with E-state index in [1.54, 1.807) is 0 Å². The Labute approximate surface area is 94.0 Å². The molecule has 2 heteroatoms. The number of hydrogen-bond acceptors (Lipinski definition) is 2. The zero-order chi connectivity index (χ0) is 11.3. The largest absolute Gasteiger partial charge is 0.391 e. The van der Waals surface area contributed by atoms with Gasteiger partial charge >= 0.3 is 0 Å². The van der Waals surface area contributed by atoms with Crippen molar-refractivity contribution >= 4 is 0 Å². The molecule has 0 amide bonds. The maximum atomic E-state index is 9.84. The maximum Gasteiger partial charge on any atom is 0.0776 e. The third-order valence-corrected chi connectivity index (χ3v) is 3.04. The first kappa shape index (κ1) is 13.0. The van der Waals surface area contributed by atoms with E-state index in [9.17, 15) is 5.11 Å². The van der Waals surface area contributed by atoms with Gasteiger partial charge in [0.2, 0.25) is 0 Å². The fraction of sp³-hybridized carbons (Fsp3) is 1.00. The van der Waals surface area contributed by atoms with Crippen LogP contribution in [-0.2, 0) is 4.74 Å². The molecule has 90 valence electrons. The molecule has 0 radical (unpaired) electrons. The number of hydrogen-bond donors (Lipinski definition) is 1. The summed E-state index contributed by atoms with van der Waals surface area (Å²) >= 11 is 0. The lowest BCUT2D eigenvalue weighted by Crippen LogP contribution is -2.28. The quantitative estimate of drug-likeness (QED) is 0.779. The van der Waals surface area contributed by atoms with Gasteiger partial charge in [-0.3, -0.25) is 0 Å². The highest BCUT2D eigenvalue weighted by Gasteiger charge is 2.19. The predicted molar refractivity (Wildman–Crippen MR) is 62.9 cm³/mol. The zero-order valence-corrected chi connectivity index (χ0v) is 10.5. The fourth-order valence-electron chi connectivity index (χ4n) is 2.22. The first-order valence-corrected chi connectivity index (χ1v) is 6.29. The van der Waals surface area contributed by atoms with Crippen molar-refractivity contribution in [1.82, 2.24) is 0 Å². The van der Waals surface area contributed by atoms with Crippen molar-refractivity contribution in [3.63, 3.8) is 0 Å². The summed E-state index contributed by atoms with van der Waals surface area (Å²) < 4.78 is 5.58. The van der Waals surface area contributed by atoms with Gasteiger partial charge in [0.15, 0.2) is 0 Å². The van der Waals surface area contributed by atoms with Crippen molar-refractivity contribution in [2.24, 2.45) is 5.92 Å². The highest BCUT2D eigenvalue weighted by molar-refractivity contribution is 4.70. The molecule has 1 saturated carbocycles. The van der Waals surface area contributed by atoms with Crippen LogP contribution in [0.1, 0.15) is 59.3 Å². The van der Waals surface area contributed by atoms with Gasteiger partial charge in [-0.25, -0.2) is 0 Å². The highest BCUT2D eigenvalue weighted by atomic mass is 16.5. The Balaban J connectivity index is 2.14. The normalized spacial score (nSPS) is 21.6. The van der Waals surface area contributed by atoms with Gasteiger partial charge < -0.3 is 9.84 Å². The summed E-state index contributed by atoms with van der Waals surface area (Å²) in [6.45, 7) is 6.57. The standard InChI is InChI=1S/C13H26O2/c1-13(2,3)15-10-12(14)9-11-7-5-4-6-8-11/h11-12,14H,4-10H2,1-3H3. The second-order valence-electron chi connectivity index (χ2n) is 5.82. The summed E-state index contributed by atoms with van der Waals surface area (Å²) in [4.78, 5) is 0.